The first-order valence-electron chi connectivity index (χ1n) is 5.21. The summed E-state index contributed by atoms with van der Waals surface area (Å²) in [4.78, 5) is 0. The van der Waals surface area contributed by atoms with Gasteiger partial charge in [0.15, 0.2) is 0 Å². The molecule has 84 valence electrons. The summed E-state index contributed by atoms with van der Waals surface area (Å²) in [5, 5.41) is 0. The van der Waals surface area contributed by atoms with E-state index in [4.69, 9.17) is 10.2 Å². The van der Waals surface area contributed by atoms with Gasteiger partial charge in [0.1, 0.15) is 11.6 Å². The Morgan fingerprint density at radius 3 is 2.69 bits per heavy atom. The Labute approximate surface area is 93.9 Å². The van der Waals surface area contributed by atoms with Crippen LogP contribution >= 0.6 is 0 Å². The van der Waals surface area contributed by atoms with Crippen LogP contribution in [0.1, 0.15) is 22.9 Å². The molecule has 0 amide bonds. The molecular formula is C13H14FNO. The van der Waals surface area contributed by atoms with Gasteiger partial charge in [0.2, 0.25) is 0 Å². The molecular weight excluding hydrogens is 205 g/mol. The van der Waals surface area contributed by atoms with Crippen LogP contribution in [0.15, 0.2) is 41.0 Å². The number of hydrogen-bond donors (Lipinski definition) is 1. The zero-order chi connectivity index (χ0) is 11.5. The molecule has 1 aromatic carbocycles. The molecule has 1 heterocycles. The highest BCUT2D eigenvalue weighted by Gasteiger charge is 2.13. The highest BCUT2D eigenvalue weighted by molar-refractivity contribution is 5.25. The predicted octanol–water partition coefficient (Wildman–Crippen LogP) is 2.97. The van der Waals surface area contributed by atoms with E-state index in [1.807, 2.05) is 19.1 Å². The summed E-state index contributed by atoms with van der Waals surface area (Å²) >= 11 is 0. The molecule has 0 aliphatic rings. The maximum atomic E-state index is 13.4. The first kappa shape index (κ1) is 10.9. The second-order valence-corrected chi connectivity index (χ2v) is 3.83. The highest BCUT2D eigenvalue weighted by Crippen LogP contribution is 2.21. The van der Waals surface area contributed by atoms with Crippen molar-refractivity contribution in [1.29, 1.82) is 0 Å². The molecule has 0 radical (unpaired) electrons. The number of hydrogen-bond acceptors (Lipinski definition) is 2. The van der Waals surface area contributed by atoms with Crippen LogP contribution in [0.5, 0.6) is 0 Å². The number of furan rings is 1. The van der Waals surface area contributed by atoms with E-state index in [-0.39, 0.29) is 11.9 Å². The van der Waals surface area contributed by atoms with Crippen LogP contribution in [0.4, 0.5) is 4.39 Å². The van der Waals surface area contributed by atoms with Crippen LogP contribution in [0.25, 0.3) is 0 Å². The lowest BCUT2D eigenvalue weighted by Gasteiger charge is -2.11. The smallest absolute Gasteiger partial charge is 0.126 e. The molecule has 0 saturated carbocycles. The molecule has 3 heteroatoms. The normalized spacial score (nSPS) is 12.7. The monoisotopic (exact) mass is 219 g/mol. The first-order chi connectivity index (χ1) is 7.68. The molecule has 2 aromatic rings. The Morgan fingerprint density at radius 1 is 1.31 bits per heavy atom. The molecule has 0 bridgehead atoms. The van der Waals surface area contributed by atoms with Gasteiger partial charge in [0, 0.05) is 11.6 Å². The zero-order valence-corrected chi connectivity index (χ0v) is 9.11. The molecule has 2 rings (SSSR count). The number of benzene rings is 1. The lowest BCUT2D eigenvalue weighted by atomic mass is 10.00. The van der Waals surface area contributed by atoms with Gasteiger partial charge < -0.3 is 10.2 Å². The Kier molecular flexibility index (Phi) is 3.06. The predicted molar refractivity (Wildman–Crippen MR) is 60.5 cm³/mol. The van der Waals surface area contributed by atoms with Gasteiger partial charge in [-0.25, -0.2) is 4.39 Å². The van der Waals surface area contributed by atoms with E-state index < -0.39 is 0 Å². The fraction of sp³-hybridized carbons (Fsp3) is 0.231. The summed E-state index contributed by atoms with van der Waals surface area (Å²) in [6.45, 7) is 1.86. The minimum atomic E-state index is -0.226. The van der Waals surface area contributed by atoms with Gasteiger partial charge in [-0.1, -0.05) is 18.2 Å². The van der Waals surface area contributed by atoms with Gasteiger partial charge >= 0.3 is 0 Å². The van der Waals surface area contributed by atoms with Crippen LogP contribution < -0.4 is 5.73 Å². The van der Waals surface area contributed by atoms with Crippen molar-refractivity contribution in [2.45, 2.75) is 19.4 Å². The molecule has 1 atom stereocenters. The Hall–Kier alpha value is -1.61. The van der Waals surface area contributed by atoms with Gasteiger partial charge in [0.25, 0.3) is 0 Å². The van der Waals surface area contributed by atoms with Crippen LogP contribution in [0, 0.1) is 12.7 Å². The Balaban J connectivity index is 2.17. The standard InChI is InChI=1S/C13H14FNO/c1-9-11(6-7-16-9)13(15)8-10-4-2-3-5-12(10)14/h2-7,13H,8,15H2,1H3. The highest BCUT2D eigenvalue weighted by atomic mass is 19.1. The topological polar surface area (TPSA) is 39.2 Å². The molecule has 0 spiro atoms. The van der Waals surface area contributed by atoms with Crippen LogP contribution in [-0.2, 0) is 6.42 Å². The first-order valence-corrected chi connectivity index (χ1v) is 5.21. The van der Waals surface area contributed by atoms with Crippen molar-refractivity contribution in [1.82, 2.24) is 0 Å². The quantitative estimate of drug-likeness (QED) is 0.861. The van der Waals surface area contributed by atoms with E-state index in [2.05, 4.69) is 0 Å². The van der Waals surface area contributed by atoms with E-state index in [1.54, 1.807) is 18.4 Å². The molecule has 0 fully saturated rings. The Morgan fingerprint density at radius 2 is 2.06 bits per heavy atom. The molecule has 2 N–H and O–H groups in total. The summed E-state index contributed by atoms with van der Waals surface area (Å²) < 4.78 is 18.6. The van der Waals surface area contributed by atoms with Gasteiger partial charge in [-0.05, 0) is 31.0 Å². The van der Waals surface area contributed by atoms with Crippen LogP contribution in [0.2, 0.25) is 0 Å². The average Bonchev–Trinajstić information content (AvgIpc) is 2.68. The summed E-state index contributed by atoms with van der Waals surface area (Å²) in [5.74, 6) is 0.586. The molecule has 0 aliphatic carbocycles. The summed E-state index contributed by atoms with van der Waals surface area (Å²) in [6, 6.07) is 8.30. The Bertz CT molecular complexity index is 478. The van der Waals surface area contributed by atoms with Crippen molar-refractivity contribution in [3.63, 3.8) is 0 Å². The SMILES string of the molecule is Cc1occc1C(N)Cc1ccccc1F. The lowest BCUT2D eigenvalue weighted by molar-refractivity contribution is 0.522. The third-order valence-corrected chi connectivity index (χ3v) is 2.70. The largest absolute Gasteiger partial charge is 0.469 e. The maximum Gasteiger partial charge on any atom is 0.126 e. The van der Waals surface area contributed by atoms with Gasteiger partial charge in [-0.2, -0.15) is 0 Å². The van der Waals surface area contributed by atoms with Crippen molar-refractivity contribution in [3.8, 4) is 0 Å². The van der Waals surface area contributed by atoms with Crippen LogP contribution in [0.3, 0.4) is 0 Å². The molecule has 1 aromatic heterocycles. The van der Waals surface area contributed by atoms with Crippen molar-refractivity contribution in [3.05, 3.63) is 59.3 Å². The number of nitrogens with two attached hydrogens (primary N) is 1. The van der Waals surface area contributed by atoms with Crippen molar-refractivity contribution >= 4 is 0 Å². The second-order valence-electron chi connectivity index (χ2n) is 3.83. The number of halogens is 1. The van der Waals surface area contributed by atoms with Crippen molar-refractivity contribution < 1.29 is 8.81 Å². The second kappa shape index (κ2) is 4.49. The fourth-order valence-electron chi connectivity index (χ4n) is 1.79. The third-order valence-electron chi connectivity index (χ3n) is 2.70. The zero-order valence-electron chi connectivity index (χ0n) is 9.11. The van der Waals surface area contributed by atoms with Gasteiger partial charge in [0.05, 0.1) is 6.26 Å². The van der Waals surface area contributed by atoms with E-state index in [9.17, 15) is 4.39 Å². The molecule has 16 heavy (non-hydrogen) atoms. The maximum absolute atomic E-state index is 13.4. The van der Waals surface area contributed by atoms with E-state index in [0.29, 0.717) is 12.0 Å². The molecule has 2 nitrogen and oxygen atoms in total. The number of aryl methyl sites for hydroxylation is 1. The van der Waals surface area contributed by atoms with Crippen molar-refractivity contribution in [2.75, 3.05) is 0 Å². The van der Waals surface area contributed by atoms with Gasteiger partial charge in [-0.3, -0.25) is 0 Å². The fourth-order valence-corrected chi connectivity index (χ4v) is 1.79. The number of rotatable bonds is 3. The van der Waals surface area contributed by atoms with Gasteiger partial charge in [-0.15, -0.1) is 0 Å². The van der Waals surface area contributed by atoms with E-state index in [0.717, 1.165) is 11.3 Å². The lowest BCUT2D eigenvalue weighted by Crippen LogP contribution is -2.14. The van der Waals surface area contributed by atoms with Crippen molar-refractivity contribution in [2.24, 2.45) is 5.73 Å². The minimum absolute atomic E-state index is 0.209. The third kappa shape index (κ3) is 2.14. The van der Waals surface area contributed by atoms with E-state index in [1.165, 1.54) is 6.07 Å². The van der Waals surface area contributed by atoms with E-state index >= 15 is 0 Å². The van der Waals surface area contributed by atoms with Crippen LogP contribution in [-0.4, -0.2) is 0 Å². The molecule has 0 saturated heterocycles. The molecule has 1 unspecified atom stereocenters. The molecule has 0 aliphatic heterocycles. The summed E-state index contributed by atoms with van der Waals surface area (Å²) in [6.07, 6.45) is 2.08. The average molecular weight is 219 g/mol. The summed E-state index contributed by atoms with van der Waals surface area (Å²) in [7, 11) is 0. The summed E-state index contributed by atoms with van der Waals surface area (Å²) in [5.41, 5.74) is 7.58. The minimum Gasteiger partial charge on any atom is -0.469 e.